The largest absolute Gasteiger partial charge is 0.381 e. The van der Waals surface area contributed by atoms with Crippen molar-refractivity contribution in [2.75, 3.05) is 46.4 Å². The number of hydrogen-bond acceptors (Lipinski definition) is 4. The third-order valence-electron chi connectivity index (χ3n) is 3.80. The highest BCUT2D eigenvalue weighted by atomic mass is 32.2. The standard InChI is InChI=1S/C14H31N3O3S/c1-3-4-11-20-12-5-8-16-21(18,19)17-9-6-14(7-10-17)13-15-2/h14-16H,3-13H2,1-2H3. The predicted molar refractivity (Wildman–Crippen MR) is 85.5 cm³/mol. The van der Waals surface area contributed by atoms with Crippen molar-refractivity contribution < 1.29 is 13.2 Å². The fourth-order valence-corrected chi connectivity index (χ4v) is 3.73. The van der Waals surface area contributed by atoms with Gasteiger partial charge in [-0.25, -0.2) is 4.72 Å². The van der Waals surface area contributed by atoms with Crippen LogP contribution in [0.1, 0.15) is 39.0 Å². The van der Waals surface area contributed by atoms with Gasteiger partial charge in [0, 0.05) is 32.8 Å². The molecule has 7 heteroatoms. The van der Waals surface area contributed by atoms with E-state index in [9.17, 15) is 8.42 Å². The van der Waals surface area contributed by atoms with Crippen molar-refractivity contribution in [3.05, 3.63) is 0 Å². The summed E-state index contributed by atoms with van der Waals surface area (Å²) in [6, 6.07) is 0. The summed E-state index contributed by atoms with van der Waals surface area (Å²) in [7, 11) is -1.37. The van der Waals surface area contributed by atoms with E-state index in [-0.39, 0.29) is 0 Å². The van der Waals surface area contributed by atoms with Crippen LogP contribution in [0, 0.1) is 5.92 Å². The Labute approximate surface area is 129 Å². The first-order chi connectivity index (χ1) is 10.1. The molecular weight excluding hydrogens is 290 g/mol. The molecule has 0 aliphatic carbocycles. The van der Waals surface area contributed by atoms with E-state index in [4.69, 9.17) is 4.74 Å². The molecule has 1 fully saturated rings. The highest BCUT2D eigenvalue weighted by Gasteiger charge is 2.27. The molecule has 1 saturated heterocycles. The predicted octanol–water partition coefficient (Wildman–Crippen LogP) is 0.959. The topological polar surface area (TPSA) is 70.7 Å². The van der Waals surface area contributed by atoms with Crippen LogP contribution in [-0.2, 0) is 14.9 Å². The summed E-state index contributed by atoms with van der Waals surface area (Å²) in [6.07, 6.45) is 4.77. The zero-order valence-electron chi connectivity index (χ0n) is 13.4. The molecule has 0 saturated carbocycles. The Morgan fingerprint density at radius 2 is 1.86 bits per heavy atom. The fraction of sp³-hybridized carbons (Fsp3) is 1.00. The van der Waals surface area contributed by atoms with Crippen molar-refractivity contribution in [3.63, 3.8) is 0 Å². The molecule has 1 aliphatic heterocycles. The lowest BCUT2D eigenvalue weighted by atomic mass is 9.98. The van der Waals surface area contributed by atoms with E-state index < -0.39 is 10.2 Å². The van der Waals surface area contributed by atoms with Crippen molar-refractivity contribution in [3.8, 4) is 0 Å². The second-order valence-corrected chi connectivity index (χ2v) is 7.37. The smallest absolute Gasteiger partial charge is 0.279 e. The second-order valence-electron chi connectivity index (χ2n) is 5.62. The highest BCUT2D eigenvalue weighted by molar-refractivity contribution is 7.87. The SMILES string of the molecule is CCCCOCCCNS(=O)(=O)N1CCC(CNC)CC1. The maximum absolute atomic E-state index is 12.1. The van der Waals surface area contributed by atoms with E-state index in [1.165, 1.54) is 0 Å². The van der Waals surface area contributed by atoms with E-state index in [1.807, 2.05) is 7.05 Å². The van der Waals surface area contributed by atoms with Gasteiger partial charge in [-0.05, 0) is 45.2 Å². The molecule has 0 amide bonds. The maximum atomic E-state index is 12.1. The van der Waals surface area contributed by atoms with E-state index >= 15 is 0 Å². The van der Waals surface area contributed by atoms with Gasteiger partial charge in [0.05, 0.1) is 0 Å². The lowest BCUT2D eigenvalue weighted by Gasteiger charge is -2.31. The molecule has 1 heterocycles. The van der Waals surface area contributed by atoms with Crippen molar-refractivity contribution in [2.24, 2.45) is 5.92 Å². The van der Waals surface area contributed by atoms with Gasteiger partial charge in [0.15, 0.2) is 0 Å². The maximum Gasteiger partial charge on any atom is 0.279 e. The molecule has 0 aromatic carbocycles. The summed E-state index contributed by atoms with van der Waals surface area (Å²) in [4.78, 5) is 0. The Morgan fingerprint density at radius 1 is 1.19 bits per heavy atom. The molecule has 1 aliphatic rings. The molecule has 2 N–H and O–H groups in total. The molecule has 6 nitrogen and oxygen atoms in total. The Hall–Kier alpha value is -0.210. The van der Waals surface area contributed by atoms with Crippen LogP contribution in [-0.4, -0.2) is 59.2 Å². The molecule has 21 heavy (non-hydrogen) atoms. The van der Waals surface area contributed by atoms with Crippen LogP contribution in [0.2, 0.25) is 0 Å². The quantitative estimate of drug-likeness (QED) is 0.556. The third-order valence-corrected chi connectivity index (χ3v) is 5.41. The van der Waals surface area contributed by atoms with Crippen molar-refractivity contribution >= 4 is 10.2 Å². The number of rotatable bonds is 11. The summed E-state index contributed by atoms with van der Waals surface area (Å²) in [5, 5.41) is 3.16. The zero-order chi connectivity index (χ0) is 15.6. The van der Waals surface area contributed by atoms with Crippen LogP contribution in [0.25, 0.3) is 0 Å². The molecule has 0 radical (unpaired) electrons. The number of ether oxygens (including phenoxy) is 1. The summed E-state index contributed by atoms with van der Waals surface area (Å²) < 4.78 is 33.9. The zero-order valence-corrected chi connectivity index (χ0v) is 14.3. The van der Waals surface area contributed by atoms with Gasteiger partial charge in [0.25, 0.3) is 10.2 Å². The Balaban J connectivity index is 2.16. The van der Waals surface area contributed by atoms with Crippen molar-refractivity contribution in [1.82, 2.24) is 14.3 Å². The fourth-order valence-electron chi connectivity index (χ4n) is 2.46. The first-order valence-electron chi connectivity index (χ1n) is 8.07. The monoisotopic (exact) mass is 321 g/mol. The molecule has 0 spiro atoms. The minimum Gasteiger partial charge on any atom is -0.381 e. The van der Waals surface area contributed by atoms with Crippen LogP contribution in [0.5, 0.6) is 0 Å². The van der Waals surface area contributed by atoms with Crippen molar-refractivity contribution in [2.45, 2.75) is 39.0 Å². The minimum atomic E-state index is -3.31. The molecule has 1 rings (SSSR count). The Bertz CT molecular complexity index is 354. The summed E-state index contributed by atoms with van der Waals surface area (Å²) >= 11 is 0. The first kappa shape index (κ1) is 18.8. The lowest BCUT2D eigenvalue weighted by Crippen LogP contribution is -2.46. The first-order valence-corrected chi connectivity index (χ1v) is 9.51. The molecule has 126 valence electrons. The minimum absolute atomic E-state index is 0.449. The van der Waals surface area contributed by atoms with Crippen LogP contribution in [0.4, 0.5) is 0 Å². The molecule has 0 atom stereocenters. The molecule has 0 bridgehead atoms. The van der Waals surface area contributed by atoms with Gasteiger partial charge in [0.1, 0.15) is 0 Å². The molecule has 0 aromatic heterocycles. The van der Waals surface area contributed by atoms with Gasteiger partial charge < -0.3 is 10.1 Å². The van der Waals surface area contributed by atoms with E-state index in [2.05, 4.69) is 17.0 Å². The number of nitrogens with one attached hydrogen (secondary N) is 2. The van der Waals surface area contributed by atoms with E-state index in [0.717, 1.165) is 45.3 Å². The van der Waals surface area contributed by atoms with Crippen molar-refractivity contribution in [1.29, 1.82) is 0 Å². The summed E-state index contributed by atoms with van der Waals surface area (Å²) in [6.45, 7) is 6.16. The molecule has 0 aromatic rings. The van der Waals surface area contributed by atoms with Gasteiger partial charge in [-0.1, -0.05) is 13.3 Å². The van der Waals surface area contributed by atoms with E-state index in [0.29, 0.717) is 32.2 Å². The number of nitrogens with zero attached hydrogens (tertiary/aromatic N) is 1. The van der Waals surface area contributed by atoms with Gasteiger partial charge in [-0.3, -0.25) is 0 Å². The van der Waals surface area contributed by atoms with Gasteiger partial charge in [-0.15, -0.1) is 0 Å². The number of piperidine rings is 1. The average molecular weight is 321 g/mol. The highest BCUT2D eigenvalue weighted by Crippen LogP contribution is 2.18. The van der Waals surface area contributed by atoms with Gasteiger partial charge >= 0.3 is 0 Å². The average Bonchev–Trinajstić information content (AvgIpc) is 2.47. The van der Waals surface area contributed by atoms with Crippen LogP contribution >= 0.6 is 0 Å². The Kier molecular flexibility index (Phi) is 9.42. The van der Waals surface area contributed by atoms with Gasteiger partial charge in [-0.2, -0.15) is 12.7 Å². The molecule has 0 unspecified atom stereocenters. The lowest BCUT2D eigenvalue weighted by molar-refractivity contribution is 0.129. The summed E-state index contributed by atoms with van der Waals surface area (Å²) in [5.41, 5.74) is 0. The normalized spacial score (nSPS) is 18.2. The van der Waals surface area contributed by atoms with Crippen LogP contribution < -0.4 is 10.0 Å². The van der Waals surface area contributed by atoms with Gasteiger partial charge in [0.2, 0.25) is 0 Å². The Morgan fingerprint density at radius 3 is 2.48 bits per heavy atom. The number of hydrogen-bond donors (Lipinski definition) is 2. The number of unbranched alkanes of at least 4 members (excludes halogenated alkanes) is 1. The van der Waals surface area contributed by atoms with Crippen LogP contribution in [0.3, 0.4) is 0 Å². The third kappa shape index (κ3) is 7.56. The van der Waals surface area contributed by atoms with Crippen LogP contribution in [0.15, 0.2) is 0 Å². The second kappa shape index (κ2) is 10.5. The summed E-state index contributed by atoms with van der Waals surface area (Å²) in [5.74, 6) is 0.591. The molecular formula is C14H31N3O3S. The van der Waals surface area contributed by atoms with E-state index in [1.54, 1.807) is 4.31 Å².